The third-order valence-corrected chi connectivity index (χ3v) is 7.67. The molecule has 1 unspecified atom stereocenters. The summed E-state index contributed by atoms with van der Waals surface area (Å²) in [6.45, 7) is 1.15. The minimum Gasteiger partial charge on any atom is -0.497 e. The van der Waals surface area contributed by atoms with Gasteiger partial charge in [-0.3, -0.25) is 13.9 Å². The van der Waals surface area contributed by atoms with Crippen LogP contribution in [0.25, 0.3) is 0 Å². The van der Waals surface area contributed by atoms with Crippen molar-refractivity contribution in [1.82, 2.24) is 10.2 Å². The van der Waals surface area contributed by atoms with Crippen LogP contribution in [0.5, 0.6) is 5.75 Å². The van der Waals surface area contributed by atoms with Crippen LogP contribution < -0.4 is 14.4 Å². The molecule has 36 heavy (non-hydrogen) atoms. The molecule has 0 aliphatic carbocycles. The number of nitrogens with zero attached hydrogens (tertiary/aromatic N) is 2. The lowest BCUT2D eigenvalue weighted by Crippen LogP contribution is -2.50. The fraction of sp³-hybridized carbons (Fsp3) is 0.231. The van der Waals surface area contributed by atoms with Crippen LogP contribution in [-0.4, -0.2) is 51.9 Å². The number of likely N-dealkylation sites (N-methyl/N-ethyl adjacent to an activating group) is 1. The molecule has 0 aromatic heterocycles. The van der Waals surface area contributed by atoms with Crippen LogP contribution in [-0.2, 0) is 26.2 Å². The van der Waals surface area contributed by atoms with Crippen molar-refractivity contribution in [2.45, 2.75) is 24.4 Å². The molecule has 0 heterocycles. The summed E-state index contributed by atoms with van der Waals surface area (Å²) in [6.07, 6.45) is 0. The maximum absolute atomic E-state index is 13.7. The third kappa shape index (κ3) is 6.35. The summed E-state index contributed by atoms with van der Waals surface area (Å²) >= 11 is 5.99. The summed E-state index contributed by atoms with van der Waals surface area (Å²) in [4.78, 5) is 27.5. The van der Waals surface area contributed by atoms with Gasteiger partial charge in [0.2, 0.25) is 11.8 Å². The molecule has 10 heteroatoms. The van der Waals surface area contributed by atoms with Gasteiger partial charge in [-0.2, -0.15) is 0 Å². The van der Waals surface area contributed by atoms with Crippen molar-refractivity contribution in [2.24, 2.45) is 0 Å². The summed E-state index contributed by atoms with van der Waals surface area (Å²) in [6, 6.07) is 20.3. The van der Waals surface area contributed by atoms with E-state index >= 15 is 0 Å². The molecule has 190 valence electrons. The van der Waals surface area contributed by atoms with E-state index in [1.165, 1.54) is 31.2 Å². The Bertz CT molecular complexity index is 1300. The van der Waals surface area contributed by atoms with Gasteiger partial charge in [0.05, 0.1) is 17.7 Å². The number of halogens is 1. The second-order valence-electron chi connectivity index (χ2n) is 7.96. The molecule has 8 nitrogen and oxygen atoms in total. The number of carbonyl (C=O) groups is 2. The number of sulfonamides is 1. The highest BCUT2D eigenvalue weighted by Crippen LogP contribution is 2.27. The lowest BCUT2D eigenvalue weighted by molar-refractivity contribution is -0.139. The van der Waals surface area contributed by atoms with Gasteiger partial charge in [-0.05, 0) is 48.9 Å². The van der Waals surface area contributed by atoms with Crippen molar-refractivity contribution >= 4 is 39.1 Å². The van der Waals surface area contributed by atoms with E-state index in [1.807, 2.05) is 0 Å². The molecule has 0 saturated carbocycles. The van der Waals surface area contributed by atoms with Crippen LogP contribution in [0.4, 0.5) is 5.69 Å². The van der Waals surface area contributed by atoms with Gasteiger partial charge in [-0.25, -0.2) is 8.42 Å². The minimum atomic E-state index is -4.13. The zero-order valence-corrected chi connectivity index (χ0v) is 21.8. The highest BCUT2D eigenvalue weighted by Gasteiger charge is 2.32. The van der Waals surface area contributed by atoms with Crippen molar-refractivity contribution in [2.75, 3.05) is 25.0 Å². The van der Waals surface area contributed by atoms with Crippen LogP contribution in [0.15, 0.2) is 83.8 Å². The Labute approximate surface area is 216 Å². The van der Waals surface area contributed by atoms with Crippen LogP contribution in [0.2, 0.25) is 5.02 Å². The Kier molecular flexibility index (Phi) is 8.95. The standard InChI is InChI=1S/C26H28ClN3O5S/c1-19(26(32)28-2)29(17-20-12-14-21(27)15-13-20)25(31)18-30(22-8-7-9-23(16-22)35-3)36(33,34)24-10-5-4-6-11-24/h4-16,19H,17-18H2,1-3H3,(H,28,32). The van der Waals surface area contributed by atoms with Gasteiger partial charge in [0.1, 0.15) is 18.3 Å². The van der Waals surface area contributed by atoms with E-state index in [2.05, 4.69) is 5.32 Å². The van der Waals surface area contributed by atoms with E-state index in [-0.39, 0.29) is 23.0 Å². The number of carbonyl (C=O) groups excluding carboxylic acids is 2. The highest BCUT2D eigenvalue weighted by molar-refractivity contribution is 7.92. The summed E-state index contributed by atoms with van der Waals surface area (Å²) in [7, 11) is -1.18. The van der Waals surface area contributed by atoms with Crippen molar-refractivity contribution in [3.63, 3.8) is 0 Å². The molecule has 0 fully saturated rings. The minimum absolute atomic E-state index is 0.0317. The normalized spacial score (nSPS) is 11.9. The Hall–Kier alpha value is -3.56. The topological polar surface area (TPSA) is 96.0 Å². The smallest absolute Gasteiger partial charge is 0.264 e. The average molecular weight is 530 g/mol. The van der Waals surface area contributed by atoms with Gasteiger partial charge < -0.3 is 15.0 Å². The van der Waals surface area contributed by atoms with Crippen LogP contribution >= 0.6 is 11.6 Å². The Balaban J connectivity index is 2.03. The van der Waals surface area contributed by atoms with E-state index in [4.69, 9.17) is 16.3 Å². The van der Waals surface area contributed by atoms with E-state index in [1.54, 1.807) is 73.7 Å². The molecule has 0 spiro atoms. The largest absolute Gasteiger partial charge is 0.497 e. The quantitative estimate of drug-likeness (QED) is 0.432. The van der Waals surface area contributed by atoms with Crippen LogP contribution in [0, 0.1) is 0 Å². The summed E-state index contributed by atoms with van der Waals surface area (Å²) in [5, 5.41) is 3.09. The molecule has 3 aromatic rings. The Morgan fingerprint density at radius 3 is 2.28 bits per heavy atom. The van der Waals surface area contributed by atoms with Crippen LogP contribution in [0.3, 0.4) is 0 Å². The SMILES string of the molecule is CNC(=O)C(C)N(Cc1ccc(Cl)cc1)C(=O)CN(c1cccc(OC)c1)S(=O)(=O)c1ccccc1. The van der Waals surface area contributed by atoms with E-state index in [0.29, 0.717) is 10.8 Å². The molecular formula is C26H28ClN3O5S. The first-order valence-corrected chi connectivity index (χ1v) is 13.0. The summed E-state index contributed by atoms with van der Waals surface area (Å²) < 4.78 is 33.6. The molecule has 1 N–H and O–H groups in total. The zero-order valence-electron chi connectivity index (χ0n) is 20.2. The number of amides is 2. The van der Waals surface area contributed by atoms with Crippen molar-refractivity contribution in [1.29, 1.82) is 0 Å². The fourth-order valence-electron chi connectivity index (χ4n) is 3.59. The molecular weight excluding hydrogens is 502 g/mol. The van der Waals surface area contributed by atoms with Gasteiger partial charge in [-0.15, -0.1) is 0 Å². The molecule has 3 aromatic carbocycles. The van der Waals surface area contributed by atoms with Gasteiger partial charge in [0, 0.05) is 24.7 Å². The first-order chi connectivity index (χ1) is 17.2. The van der Waals surface area contributed by atoms with Crippen LogP contribution in [0.1, 0.15) is 12.5 Å². The van der Waals surface area contributed by atoms with E-state index < -0.39 is 28.5 Å². The van der Waals surface area contributed by atoms with Crippen molar-refractivity contribution < 1.29 is 22.7 Å². The predicted octanol–water partition coefficient (Wildman–Crippen LogP) is 3.71. The van der Waals surface area contributed by atoms with Gasteiger partial charge >= 0.3 is 0 Å². The summed E-state index contributed by atoms with van der Waals surface area (Å²) in [5.74, 6) is -0.496. The Morgan fingerprint density at radius 1 is 1.00 bits per heavy atom. The molecule has 0 bridgehead atoms. The second-order valence-corrected chi connectivity index (χ2v) is 10.3. The third-order valence-electron chi connectivity index (χ3n) is 5.63. The fourth-order valence-corrected chi connectivity index (χ4v) is 5.15. The van der Waals surface area contributed by atoms with Gasteiger partial charge in [0.25, 0.3) is 10.0 Å². The zero-order chi connectivity index (χ0) is 26.3. The van der Waals surface area contributed by atoms with E-state index in [9.17, 15) is 18.0 Å². The lowest BCUT2D eigenvalue weighted by atomic mass is 10.1. The van der Waals surface area contributed by atoms with Crippen molar-refractivity contribution in [3.8, 4) is 5.75 Å². The number of anilines is 1. The highest BCUT2D eigenvalue weighted by atomic mass is 35.5. The number of rotatable bonds is 10. The maximum Gasteiger partial charge on any atom is 0.264 e. The number of methoxy groups -OCH3 is 1. The molecule has 1 atom stereocenters. The second kappa shape index (κ2) is 11.9. The molecule has 0 aliphatic rings. The van der Waals surface area contributed by atoms with Gasteiger partial charge in [-0.1, -0.05) is 48.0 Å². The maximum atomic E-state index is 13.7. The number of benzene rings is 3. The lowest BCUT2D eigenvalue weighted by Gasteiger charge is -2.31. The molecule has 0 radical (unpaired) electrons. The first kappa shape index (κ1) is 27.0. The van der Waals surface area contributed by atoms with E-state index in [0.717, 1.165) is 9.87 Å². The average Bonchev–Trinajstić information content (AvgIpc) is 2.90. The molecule has 0 saturated heterocycles. The number of hydrogen-bond donors (Lipinski definition) is 1. The monoisotopic (exact) mass is 529 g/mol. The summed E-state index contributed by atoms with van der Waals surface area (Å²) in [5.41, 5.74) is 0.993. The predicted molar refractivity (Wildman–Crippen MR) is 139 cm³/mol. The number of nitrogens with one attached hydrogen (secondary N) is 1. The first-order valence-electron chi connectivity index (χ1n) is 11.1. The Morgan fingerprint density at radius 2 is 1.67 bits per heavy atom. The van der Waals surface area contributed by atoms with Gasteiger partial charge in [0.15, 0.2) is 0 Å². The number of hydrogen-bond acceptors (Lipinski definition) is 5. The molecule has 3 rings (SSSR count). The van der Waals surface area contributed by atoms with Crippen molar-refractivity contribution in [3.05, 3.63) is 89.4 Å². The number of ether oxygens (including phenoxy) is 1. The molecule has 0 aliphatic heterocycles. The molecule has 2 amide bonds.